The summed E-state index contributed by atoms with van der Waals surface area (Å²) in [6, 6.07) is 5.82. The van der Waals surface area contributed by atoms with Crippen LogP contribution in [0.1, 0.15) is 25.3 Å². The molecule has 1 aromatic rings. The minimum Gasteiger partial charge on any atom is -0.493 e. The summed E-state index contributed by atoms with van der Waals surface area (Å²) in [5.74, 6) is 0.944. The lowest BCUT2D eigenvalue weighted by molar-refractivity contribution is -0.116. The number of carbonyl (C=O) groups is 1. The van der Waals surface area contributed by atoms with Crippen LogP contribution < -0.4 is 15.8 Å². The molecule has 3 N–H and O–H groups in total. The molecule has 1 aliphatic heterocycles. The van der Waals surface area contributed by atoms with E-state index < -0.39 is 0 Å². The number of hydrogen-bond acceptors (Lipinski definition) is 3. The van der Waals surface area contributed by atoms with Gasteiger partial charge in [-0.25, -0.2) is 0 Å². The Balaban J connectivity index is 1.92. The van der Waals surface area contributed by atoms with Crippen molar-refractivity contribution in [1.82, 2.24) is 0 Å². The lowest BCUT2D eigenvalue weighted by atomic mass is 10.1. The number of fused-ring (bicyclic) bond motifs is 1. The fraction of sp³-hybridized carbons (Fsp3) is 0.462. The first-order chi connectivity index (χ1) is 8.15. The third-order valence-electron chi connectivity index (χ3n) is 2.80. The van der Waals surface area contributed by atoms with Gasteiger partial charge in [-0.05, 0) is 37.1 Å². The van der Waals surface area contributed by atoms with E-state index in [1.54, 1.807) is 0 Å². The minimum absolute atomic E-state index is 0.0150. The van der Waals surface area contributed by atoms with Gasteiger partial charge >= 0.3 is 0 Å². The number of ether oxygens (including phenoxy) is 1. The van der Waals surface area contributed by atoms with Crippen LogP contribution in [0.15, 0.2) is 18.2 Å². The molecule has 1 heterocycles. The minimum atomic E-state index is 0.0150. The summed E-state index contributed by atoms with van der Waals surface area (Å²) < 4.78 is 5.41. The van der Waals surface area contributed by atoms with Crippen LogP contribution >= 0.6 is 0 Å². The van der Waals surface area contributed by atoms with Gasteiger partial charge in [0.2, 0.25) is 5.91 Å². The van der Waals surface area contributed by atoms with E-state index in [1.165, 1.54) is 0 Å². The van der Waals surface area contributed by atoms with Gasteiger partial charge in [-0.2, -0.15) is 0 Å². The average molecular weight is 234 g/mol. The van der Waals surface area contributed by atoms with E-state index in [0.29, 0.717) is 12.8 Å². The molecule has 92 valence electrons. The van der Waals surface area contributed by atoms with Gasteiger partial charge in [0.15, 0.2) is 0 Å². The highest BCUT2D eigenvalue weighted by molar-refractivity contribution is 5.90. The number of hydrogen-bond donors (Lipinski definition) is 2. The third-order valence-corrected chi connectivity index (χ3v) is 2.80. The maximum Gasteiger partial charge on any atom is 0.224 e. The van der Waals surface area contributed by atoms with Crippen LogP contribution in [0.2, 0.25) is 0 Å². The monoisotopic (exact) mass is 234 g/mol. The molecule has 1 aromatic carbocycles. The van der Waals surface area contributed by atoms with Crippen molar-refractivity contribution in [2.24, 2.45) is 5.73 Å². The van der Waals surface area contributed by atoms with E-state index in [9.17, 15) is 4.79 Å². The molecule has 0 bridgehead atoms. The van der Waals surface area contributed by atoms with Crippen molar-refractivity contribution in [2.45, 2.75) is 32.2 Å². The zero-order valence-electron chi connectivity index (χ0n) is 10.0. The van der Waals surface area contributed by atoms with Gasteiger partial charge in [0.05, 0.1) is 6.61 Å². The highest BCUT2D eigenvalue weighted by atomic mass is 16.5. The number of rotatable bonds is 4. The molecule has 2 rings (SSSR count). The van der Waals surface area contributed by atoms with Crippen molar-refractivity contribution in [3.8, 4) is 5.75 Å². The Morgan fingerprint density at radius 2 is 2.41 bits per heavy atom. The second-order valence-electron chi connectivity index (χ2n) is 4.49. The molecule has 17 heavy (non-hydrogen) atoms. The lowest BCUT2D eigenvalue weighted by Gasteiger charge is -2.08. The second-order valence-corrected chi connectivity index (χ2v) is 4.49. The van der Waals surface area contributed by atoms with Gasteiger partial charge in [0.1, 0.15) is 5.75 Å². The summed E-state index contributed by atoms with van der Waals surface area (Å²) >= 11 is 0. The second kappa shape index (κ2) is 5.19. The lowest BCUT2D eigenvalue weighted by Crippen LogP contribution is -2.19. The summed E-state index contributed by atoms with van der Waals surface area (Å²) in [6.45, 7) is 2.64. The molecule has 1 amide bonds. The predicted molar refractivity (Wildman–Crippen MR) is 67.2 cm³/mol. The number of nitrogens with one attached hydrogen (secondary N) is 1. The molecule has 0 radical (unpaired) electrons. The SMILES string of the molecule is CC(N)CCC(=O)Nc1ccc2c(c1)CCO2. The molecule has 0 saturated heterocycles. The average Bonchev–Trinajstić information content (AvgIpc) is 2.73. The van der Waals surface area contributed by atoms with Crippen LogP contribution in [-0.2, 0) is 11.2 Å². The molecule has 1 unspecified atom stereocenters. The zero-order chi connectivity index (χ0) is 12.3. The van der Waals surface area contributed by atoms with Crippen molar-refractivity contribution in [2.75, 3.05) is 11.9 Å². The van der Waals surface area contributed by atoms with Crippen molar-refractivity contribution in [1.29, 1.82) is 0 Å². The summed E-state index contributed by atoms with van der Waals surface area (Å²) in [4.78, 5) is 11.6. The quantitative estimate of drug-likeness (QED) is 0.833. The van der Waals surface area contributed by atoms with E-state index in [-0.39, 0.29) is 11.9 Å². The van der Waals surface area contributed by atoms with Crippen LogP contribution in [0, 0.1) is 0 Å². The third kappa shape index (κ3) is 3.20. The Morgan fingerprint density at radius 1 is 1.59 bits per heavy atom. The van der Waals surface area contributed by atoms with E-state index in [0.717, 1.165) is 30.0 Å². The smallest absolute Gasteiger partial charge is 0.224 e. The van der Waals surface area contributed by atoms with Gasteiger partial charge < -0.3 is 15.8 Å². The molecule has 0 aliphatic carbocycles. The number of carbonyl (C=O) groups excluding carboxylic acids is 1. The van der Waals surface area contributed by atoms with Crippen LogP contribution in [0.4, 0.5) is 5.69 Å². The standard InChI is InChI=1S/C13H18N2O2/c1-9(14)2-5-13(16)15-11-3-4-12-10(8-11)6-7-17-12/h3-4,8-9H,2,5-7,14H2,1H3,(H,15,16). The van der Waals surface area contributed by atoms with Crippen molar-refractivity contribution < 1.29 is 9.53 Å². The molecule has 0 fully saturated rings. The molecule has 0 saturated carbocycles. The Morgan fingerprint density at radius 3 is 3.18 bits per heavy atom. The Bertz CT molecular complexity index is 416. The van der Waals surface area contributed by atoms with Gasteiger partial charge in [-0.3, -0.25) is 4.79 Å². The number of amides is 1. The fourth-order valence-electron chi connectivity index (χ4n) is 1.85. The molecule has 1 aliphatic rings. The van der Waals surface area contributed by atoms with Gasteiger partial charge in [0, 0.05) is 24.6 Å². The van der Waals surface area contributed by atoms with Gasteiger partial charge in [0.25, 0.3) is 0 Å². The molecular weight excluding hydrogens is 216 g/mol. The first-order valence-electron chi connectivity index (χ1n) is 5.96. The summed E-state index contributed by atoms with van der Waals surface area (Å²) in [5.41, 5.74) is 7.61. The first kappa shape index (κ1) is 11.9. The normalized spacial score (nSPS) is 14.9. The molecule has 4 heteroatoms. The molecule has 0 aromatic heterocycles. The van der Waals surface area contributed by atoms with Crippen LogP contribution in [-0.4, -0.2) is 18.6 Å². The van der Waals surface area contributed by atoms with Crippen molar-refractivity contribution in [3.05, 3.63) is 23.8 Å². The molecule has 4 nitrogen and oxygen atoms in total. The first-order valence-corrected chi connectivity index (χ1v) is 5.96. The highest BCUT2D eigenvalue weighted by Gasteiger charge is 2.12. The Hall–Kier alpha value is -1.55. The topological polar surface area (TPSA) is 64.4 Å². The van der Waals surface area contributed by atoms with E-state index in [1.807, 2.05) is 25.1 Å². The highest BCUT2D eigenvalue weighted by Crippen LogP contribution is 2.27. The number of benzene rings is 1. The van der Waals surface area contributed by atoms with E-state index in [2.05, 4.69) is 5.32 Å². The fourth-order valence-corrected chi connectivity index (χ4v) is 1.85. The predicted octanol–water partition coefficient (Wildman–Crippen LogP) is 1.69. The number of anilines is 1. The van der Waals surface area contributed by atoms with E-state index >= 15 is 0 Å². The van der Waals surface area contributed by atoms with Gasteiger partial charge in [-0.15, -0.1) is 0 Å². The Kier molecular flexibility index (Phi) is 3.64. The molecule has 0 spiro atoms. The zero-order valence-corrected chi connectivity index (χ0v) is 10.0. The van der Waals surface area contributed by atoms with Crippen molar-refractivity contribution >= 4 is 11.6 Å². The maximum absolute atomic E-state index is 11.6. The summed E-state index contributed by atoms with van der Waals surface area (Å²) in [7, 11) is 0. The molecule has 1 atom stereocenters. The van der Waals surface area contributed by atoms with Crippen molar-refractivity contribution in [3.63, 3.8) is 0 Å². The maximum atomic E-state index is 11.6. The summed E-state index contributed by atoms with van der Waals surface area (Å²) in [5, 5.41) is 2.88. The molecular formula is C13H18N2O2. The largest absolute Gasteiger partial charge is 0.493 e. The van der Waals surface area contributed by atoms with Crippen LogP contribution in [0.3, 0.4) is 0 Å². The van der Waals surface area contributed by atoms with E-state index in [4.69, 9.17) is 10.5 Å². The van der Waals surface area contributed by atoms with Crippen LogP contribution in [0.25, 0.3) is 0 Å². The Labute approximate surface area is 101 Å². The van der Waals surface area contributed by atoms with Gasteiger partial charge in [-0.1, -0.05) is 0 Å². The summed E-state index contributed by atoms with van der Waals surface area (Å²) in [6.07, 6.45) is 2.09. The number of nitrogens with two attached hydrogens (primary N) is 1. The van der Waals surface area contributed by atoms with Crippen LogP contribution in [0.5, 0.6) is 5.75 Å².